The zero-order valence-corrected chi connectivity index (χ0v) is 11.1. The third-order valence-electron chi connectivity index (χ3n) is 3.10. The van der Waals surface area contributed by atoms with Crippen molar-refractivity contribution in [3.05, 3.63) is 29.8 Å². The number of hydrogen-bond acceptors (Lipinski definition) is 3. The molecule has 0 saturated carbocycles. The molecule has 20 heavy (non-hydrogen) atoms. The number of amides is 2. The van der Waals surface area contributed by atoms with E-state index >= 15 is 0 Å². The van der Waals surface area contributed by atoms with E-state index in [0.29, 0.717) is 24.5 Å². The van der Waals surface area contributed by atoms with Crippen molar-refractivity contribution in [2.75, 3.05) is 18.5 Å². The minimum atomic E-state index is -0.895. The Labute approximate surface area is 117 Å². The quantitative estimate of drug-likeness (QED) is 0.781. The molecule has 1 aliphatic rings. The number of urea groups is 1. The summed E-state index contributed by atoms with van der Waals surface area (Å²) in [6.07, 6.45) is 1.57. The number of benzene rings is 1. The van der Waals surface area contributed by atoms with E-state index < -0.39 is 5.97 Å². The van der Waals surface area contributed by atoms with Gasteiger partial charge in [-0.3, -0.25) is 4.79 Å². The first kappa shape index (κ1) is 14.3. The summed E-state index contributed by atoms with van der Waals surface area (Å²) >= 11 is 0. The first-order valence-electron chi connectivity index (χ1n) is 6.59. The van der Waals surface area contributed by atoms with Gasteiger partial charge in [-0.15, -0.1) is 0 Å². The summed E-state index contributed by atoms with van der Waals surface area (Å²) in [5.74, 6) is -0.895. The van der Waals surface area contributed by atoms with E-state index in [0.717, 1.165) is 12.8 Å². The molecule has 108 valence electrons. The Kier molecular flexibility index (Phi) is 4.95. The van der Waals surface area contributed by atoms with Crippen LogP contribution in [0, 0.1) is 0 Å². The van der Waals surface area contributed by atoms with Gasteiger partial charge in [0.25, 0.3) is 0 Å². The van der Waals surface area contributed by atoms with Crippen LogP contribution >= 0.6 is 0 Å². The highest BCUT2D eigenvalue weighted by molar-refractivity contribution is 5.89. The monoisotopic (exact) mass is 278 g/mol. The normalized spacial score (nSPS) is 15.6. The Hall–Kier alpha value is -2.08. The van der Waals surface area contributed by atoms with Gasteiger partial charge >= 0.3 is 12.0 Å². The van der Waals surface area contributed by atoms with Crippen LogP contribution in [0.3, 0.4) is 0 Å². The van der Waals surface area contributed by atoms with E-state index in [1.807, 2.05) is 0 Å². The van der Waals surface area contributed by atoms with Crippen molar-refractivity contribution >= 4 is 17.7 Å². The molecular formula is C14H18N2O4. The maximum atomic E-state index is 11.8. The van der Waals surface area contributed by atoms with Gasteiger partial charge in [-0.2, -0.15) is 0 Å². The number of carboxylic acids is 1. The molecule has 0 atom stereocenters. The molecule has 2 amide bonds. The lowest BCUT2D eigenvalue weighted by Gasteiger charge is -2.23. The van der Waals surface area contributed by atoms with Gasteiger partial charge in [-0.05, 0) is 30.5 Å². The van der Waals surface area contributed by atoms with E-state index in [2.05, 4.69) is 10.6 Å². The Morgan fingerprint density at radius 3 is 2.75 bits per heavy atom. The highest BCUT2D eigenvalue weighted by Gasteiger charge is 2.16. The van der Waals surface area contributed by atoms with E-state index in [4.69, 9.17) is 9.84 Å². The molecule has 0 bridgehead atoms. The highest BCUT2D eigenvalue weighted by Crippen LogP contribution is 2.12. The Bertz CT molecular complexity index is 484. The molecule has 2 rings (SSSR count). The number of ether oxygens (including phenoxy) is 1. The van der Waals surface area contributed by atoms with Gasteiger partial charge in [0.15, 0.2) is 0 Å². The molecule has 6 nitrogen and oxygen atoms in total. The first-order valence-corrected chi connectivity index (χ1v) is 6.59. The third kappa shape index (κ3) is 4.55. The van der Waals surface area contributed by atoms with Crippen molar-refractivity contribution in [2.24, 2.45) is 0 Å². The molecule has 0 unspecified atom stereocenters. The second-order valence-corrected chi connectivity index (χ2v) is 4.76. The van der Waals surface area contributed by atoms with Gasteiger partial charge in [0.1, 0.15) is 0 Å². The molecule has 1 aromatic carbocycles. The Balaban J connectivity index is 1.88. The molecule has 0 aromatic heterocycles. The second kappa shape index (κ2) is 6.91. The zero-order chi connectivity index (χ0) is 14.4. The largest absolute Gasteiger partial charge is 0.481 e. The van der Waals surface area contributed by atoms with Crippen LogP contribution in [0.25, 0.3) is 0 Å². The maximum absolute atomic E-state index is 11.8. The molecule has 6 heteroatoms. The average Bonchev–Trinajstić information content (AvgIpc) is 2.39. The van der Waals surface area contributed by atoms with Crippen LogP contribution in [0.5, 0.6) is 0 Å². The van der Waals surface area contributed by atoms with Crippen LogP contribution < -0.4 is 10.6 Å². The standard InChI is InChI=1S/C14H18N2O4/c17-13(18)9-10-2-1-3-12(8-10)16-14(19)15-11-4-6-20-7-5-11/h1-3,8,11H,4-7,9H2,(H,17,18)(H2,15,16,19). The van der Waals surface area contributed by atoms with Crippen LogP contribution in [-0.4, -0.2) is 36.4 Å². The fourth-order valence-corrected chi connectivity index (χ4v) is 2.13. The first-order chi connectivity index (χ1) is 9.63. The lowest BCUT2D eigenvalue weighted by molar-refractivity contribution is -0.136. The van der Waals surface area contributed by atoms with Gasteiger partial charge in [0.05, 0.1) is 6.42 Å². The number of rotatable bonds is 4. The van der Waals surface area contributed by atoms with Crippen molar-refractivity contribution in [1.29, 1.82) is 0 Å². The lowest BCUT2D eigenvalue weighted by atomic mass is 10.1. The predicted molar refractivity (Wildman–Crippen MR) is 73.8 cm³/mol. The van der Waals surface area contributed by atoms with Crippen LogP contribution in [0.1, 0.15) is 18.4 Å². The summed E-state index contributed by atoms with van der Waals surface area (Å²) in [4.78, 5) is 22.5. The Morgan fingerprint density at radius 2 is 2.05 bits per heavy atom. The summed E-state index contributed by atoms with van der Waals surface area (Å²) in [5, 5.41) is 14.3. The van der Waals surface area contributed by atoms with E-state index in [1.54, 1.807) is 24.3 Å². The zero-order valence-electron chi connectivity index (χ0n) is 11.1. The van der Waals surface area contributed by atoms with Crippen molar-refractivity contribution in [2.45, 2.75) is 25.3 Å². The highest BCUT2D eigenvalue weighted by atomic mass is 16.5. The fourth-order valence-electron chi connectivity index (χ4n) is 2.13. The second-order valence-electron chi connectivity index (χ2n) is 4.76. The van der Waals surface area contributed by atoms with Crippen LogP contribution in [0.2, 0.25) is 0 Å². The molecule has 0 aliphatic carbocycles. The molecule has 1 aromatic rings. The van der Waals surface area contributed by atoms with E-state index in [1.165, 1.54) is 0 Å². The number of carbonyl (C=O) groups excluding carboxylic acids is 1. The van der Waals surface area contributed by atoms with Gasteiger partial charge in [0, 0.05) is 24.9 Å². The van der Waals surface area contributed by atoms with Crippen molar-refractivity contribution in [1.82, 2.24) is 5.32 Å². The minimum absolute atomic E-state index is 0.0584. The number of nitrogens with one attached hydrogen (secondary N) is 2. The molecule has 1 saturated heterocycles. The molecular weight excluding hydrogens is 260 g/mol. The summed E-state index contributed by atoms with van der Waals surface area (Å²) in [5.41, 5.74) is 1.25. The third-order valence-corrected chi connectivity index (χ3v) is 3.10. The van der Waals surface area contributed by atoms with Crippen LogP contribution in [0.4, 0.5) is 10.5 Å². The smallest absolute Gasteiger partial charge is 0.319 e. The topological polar surface area (TPSA) is 87.7 Å². The lowest BCUT2D eigenvalue weighted by Crippen LogP contribution is -2.41. The number of aliphatic carboxylic acids is 1. The van der Waals surface area contributed by atoms with Crippen LogP contribution in [0.15, 0.2) is 24.3 Å². The van der Waals surface area contributed by atoms with Crippen LogP contribution in [-0.2, 0) is 16.0 Å². The molecule has 0 radical (unpaired) electrons. The summed E-state index contributed by atoms with van der Waals surface area (Å²) in [6, 6.07) is 6.69. The van der Waals surface area contributed by atoms with E-state index in [-0.39, 0.29) is 18.5 Å². The van der Waals surface area contributed by atoms with Gasteiger partial charge in [-0.25, -0.2) is 4.79 Å². The number of carbonyl (C=O) groups is 2. The molecule has 1 aliphatic heterocycles. The van der Waals surface area contributed by atoms with Crippen molar-refractivity contribution < 1.29 is 19.4 Å². The summed E-state index contributed by atoms with van der Waals surface area (Å²) in [7, 11) is 0. The fraction of sp³-hybridized carbons (Fsp3) is 0.429. The molecule has 3 N–H and O–H groups in total. The molecule has 1 fully saturated rings. The minimum Gasteiger partial charge on any atom is -0.481 e. The number of carboxylic acid groups (broad SMARTS) is 1. The average molecular weight is 278 g/mol. The van der Waals surface area contributed by atoms with Gasteiger partial charge in [0.2, 0.25) is 0 Å². The predicted octanol–water partition coefficient (Wildman–Crippen LogP) is 1.61. The van der Waals surface area contributed by atoms with Crippen molar-refractivity contribution in [3.63, 3.8) is 0 Å². The van der Waals surface area contributed by atoms with Crippen molar-refractivity contribution in [3.8, 4) is 0 Å². The number of anilines is 1. The van der Waals surface area contributed by atoms with Gasteiger partial charge < -0.3 is 20.5 Å². The Morgan fingerprint density at radius 1 is 1.30 bits per heavy atom. The molecule has 0 spiro atoms. The maximum Gasteiger partial charge on any atom is 0.319 e. The SMILES string of the molecule is O=C(O)Cc1cccc(NC(=O)NC2CCOCC2)c1. The summed E-state index contributed by atoms with van der Waals surface area (Å²) < 4.78 is 5.22. The number of hydrogen-bond donors (Lipinski definition) is 3. The summed E-state index contributed by atoms with van der Waals surface area (Å²) in [6.45, 7) is 1.33. The molecule has 1 heterocycles. The van der Waals surface area contributed by atoms with E-state index in [9.17, 15) is 9.59 Å². The van der Waals surface area contributed by atoms with Gasteiger partial charge in [-0.1, -0.05) is 12.1 Å².